The van der Waals surface area contributed by atoms with Crippen molar-refractivity contribution in [3.8, 4) is 6.07 Å². The van der Waals surface area contributed by atoms with Crippen LogP contribution < -0.4 is 10.5 Å². The van der Waals surface area contributed by atoms with E-state index in [-0.39, 0.29) is 12.1 Å². The molecule has 1 atom stereocenters. The molecule has 3 aromatic heterocycles. The Morgan fingerprint density at radius 1 is 1.28 bits per heavy atom. The molecule has 1 aliphatic rings. The van der Waals surface area contributed by atoms with Crippen LogP contribution >= 0.6 is 11.6 Å². The summed E-state index contributed by atoms with van der Waals surface area (Å²) >= 11 is 6.00. The summed E-state index contributed by atoms with van der Waals surface area (Å²) in [6.07, 6.45) is 5.49. The average molecular weight is 453 g/mol. The molecule has 11 heteroatoms. The lowest BCUT2D eigenvalue weighted by molar-refractivity contribution is 0.368. The van der Waals surface area contributed by atoms with Gasteiger partial charge < -0.3 is 14.0 Å². The van der Waals surface area contributed by atoms with Crippen LogP contribution in [0.5, 0.6) is 0 Å². The maximum absolute atomic E-state index is 12.1. The summed E-state index contributed by atoms with van der Waals surface area (Å²) in [5.41, 5.74) is 2.37. The number of aromatic nitrogens is 6. The van der Waals surface area contributed by atoms with Crippen LogP contribution in [0, 0.1) is 17.2 Å². The predicted octanol–water partition coefficient (Wildman–Crippen LogP) is 2.62. The summed E-state index contributed by atoms with van der Waals surface area (Å²) in [4.78, 5) is 26.4. The summed E-state index contributed by atoms with van der Waals surface area (Å²) in [5, 5.41) is 12.8. The minimum atomic E-state index is -0.187. The van der Waals surface area contributed by atoms with Gasteiger partial charge >= 0.3 is 0 Å². The lowest BCUT2D eigenvalue weighted by atomic mass is 10.2. The average Bonchev–Trinajstić information content (AvgIpc) is 3.53. The standard InChI is InChI=1S/C12H13ClN2.C9H8N6O2/c1-9-4-5-15(8-9)11-3-2-10(7-14)12(13)6-11;1-14-4-11-8-7(14)9(16)15(5-12-8)2-6-10-3-13-17-6/h2-3,6,9H,4-5,8H2,1H3;3-5H,2H2,1H3. The van der Waals surface area contributed by atoms with E-state index in [9.17, 15) is 4.79 Å². The number of aryl methyl sites for hydroxylation is 1. The van der Waals surface area contributed by atoms with Gasteiger partial charge in [-0.25, -0.2) is 9.97 Å². The Balaban J connectivity index is 0.000000155. The fourth-order valence-electron chi connectivity index (χ4n) is 3.56. The molecule has 0 N–H and O–H groups in total. The van der Waals surface area contributed by atoms with Crippen LogP contribution in [0.2, 0.25) is 5.02 Å². The van der Waals surface area contributed by atoms with Crippen LogP contribution in [-0.2, 0) is 13.6 Å². The van der Waals surface area contributed by atoms with E-state index in [4.69, 9.17) is 21.4 Å². The zero-order chi connectivity index (χ0) is 22.7. The van der Waals surface area contributed by atoms with Crippen LogP contribution in [0.25, 0.3) is 11.2 Å². The third kappa shape index (κ3) is 4.48. The van der Waals surface area contributed by atoms with Gasteiger partial charge in [0, 0.05) is 25.8 Å². The number of nitriles is 1. The van der Waals surface area contributed by atoms with E-state index in [1.165, 1.54) is 23.6 Å². The first-order valence-electron chi connectivity index (χ1n) is 10.0. The monoisotopic (exact) mass is 452 g/mol. The van der Waals surface area contributed by atoms with Crippen molar-refractivity contribution < 1.29 is 4.52 Å². The Labute approximate surface area is 188 Å². The van der Waals surface area contributed by atoms with E-state index in [2.05, 4.69) is 38.0 Å². The second-order valence-corrected chi connectivity index (χ2v) is 8.06. The fraction of sp³-hybridized carbons (Fsp3) is 0.333. The van der Waals surface area contributed by atoms with Crippen molar-refractivity contribution >= 4 is 28.5 Å². The van der Waals surface area contributed by atoms with Gasteiger partial charge in [-0.05, 0) is 30.5 Å². The van der Waals surface area contributed by atoms with Crippen molar-refractivity contribution in [2.45, 2.75) is 19.9 Å². The second kappa shape index (κ2) is 9.20. The molecule has 32 heavy (non-hydrogen) atoms. The third-order valence-electron chi connectivity index (χ3n) is 5.28. The number of hydrogen-bond acceptors (Lipinski definition) is 8. The first-order valence-corrected chi connectivity index (χ1v) is 10.4. The zero-order valence-corrected chi connectivity index (χ0v) is 18.4. The normalized spacial score (nSPS) is 15.4. The van der Waals surface area contributed by atoms with E-state index < -0.39 is 0 Å². The Morgan fingerprint density at radius 3 is 2.75 bits per heavy atom. The molecule has 1 aliphatic heterocycles. The maximum atomic E-state index is 12.1. The molecule has 4 heterocycles. The van der Waals surface area contributed by atoms with Crippen LogP contribution in [0.4, 0.5) is 5.69 Å². The largest absolute Gasteiger partial charge is 0.371 e. The predicted molar refractivity (Wildman–Crippen MR) is 118 cm³/mol. The zero-order valence-electron chi connectivity index (χ0n) is 17.6. The molecule has 0 saturated carbocycles. The van der Waals surface area contributed by atoms with Crippen LogP contribution in [0.3, 0.4) is 0 Å². The molecule has 10 nitrogen and oxygen atoms in total. The Kier molecular flexibility index (Phi) is 6.18. The molecule has 0 bridgehead atoms. The van der Waals surface area contributed by atoms with Crippen molar-refractivity contribution in [2.24, 2.45) is 13.0 Å². The Morgan fingerprint density at radius 2 is 2.09 bits per heavy atom. The van der Waals surface area contributed by atoms with Crippen LogP contribution in [0.15, 0.2) is 46.5 Å². The highest BCUT2D eigenvalue weighted by Gasteiger charge is 2.19. The van der Waals surface area contributed by atoms with E-state index in [1.54, 1.807) is 24.0 Å². The van der Waals surface area contributed by atoms with Crippen molar-refractivity contribution in [3.05, 3.63) is 64.0 Å². The number of fused-ring (bicyclic) bond motifs is 1. The Hall–Kier alpha value is -3.71. The molecule has 0 aliphatic carbocycles. The molecule has 0 spiro atoms. The Bertz CT molecular complexity index is 1320. The molecular weight excluding hydrogens is 432 g/mol. The number of halogens is 1. The van der Waals surface area contributed by atoms with Crippen LogP contribution in [-0.4, -0.2) is 42.3 Å². The summed E-state index contributed by atoms with van der Waals surface area (Å²) in [7, 11) is 1.75. The molecule has 0 radical (unpaired) electrons. The highest BCUT2D eigenvalue weighted by Crippen LogP contribution is 2.27. The molecule has 1 unspecified atom stereocenters. The minimum absolute atomic E-state index is 0.187. The van der Waals surface area contributed by atoms with Crippen LogP contribution in [0.1, 0.15) is 24.8 Å². The van der Waals surface area contributed by atoms with E-state index >= 15 is 0 Å². The van der Waals surface area contributed by atoms with E-state index in [0.717, 1.165) is 24.7 Å². The fourth-order valence-corrected chi connectivity index (χ4v) is 3.77. The lowest BCUT2D eigenvalue weighted by Crippen LogP contribution is -2.22. The number of hydrogen-bond donors (Lipinski definition) is 0. The number of anilines is 1. The highest BCUT2D eigenvalue weighted by atomic mass is 35.5. The van der Waals surface area contributed by atoms with Crippen molar-refractivity contribution in [2.75, 3.05) is 18.0 Å². The highest BCUT2D eigenvalue weighted by molar-refractivity contribution is 6.32. The van der Waals surface area contributed by atoms with Gasteiger partial charge in [0.05, 0.1) is 16.9 Å². The molecule has 164 valence electrons. The first kappa shape index (κ1) is 21.5. The quantitative estimate of drug-likeness (QED) is 0.465. The van der Waals surface area contributed by atoms with Gasteiger partial charge in [-0.2, -0.15) is 10.2 Å². The van der Waals surface area contributed by atoms with Crippen molar-refractivity contribution in [3.63, 3.8) is 0 Å². The van der Waals surface area contributed by atoms with Gasteiger partial charge in [-0.15, -0.1) is 0 Å². The molecule has 1 aromatic carbocycles. The molecule has 4 aromatic rings. The van der Waals surface area contributed by atoms with Gasteiger partial charge in [0.1, 0.15) is 18.9 Å². The maximum Gasteiger partial charge on any atom is 0.280 e. The summed E-state index contributed by atoms with van der Waals surface area (Å²) in [5.74, 6) is 1.11. The van der Waals surface area contributed by atoms with Gasteiger partial charge in [-0.1, -0.05) is 23.7 Å². The van der Waals surface area contributed by atoms with Gasteiger partial charge in [-0.3, -0.25) is 9.36 Å². The van der Waals surface area contributed by atoms with Crippen molar-refractivity contribution in [1.82, 2.24) is 29.2 Å². The molecule has 0 amide bonds. The molecular formula is C21H21ClN8O2. The SMILES string of the molecule is CC1CCN(c2ccc(C#N)c(Cl)c2)C1.Cn1cnc2ncn(Cc3ncno3)c(=O)c21. The molecule has 1 fully saturated rings. The van der Waals surface area contributed by atoms with Gasteiger partial charge in [0.2, 0.25) is 5.89 Å². The number of nitrogens with zero attached hydrogens (tertiary/aromatic N) is 8. The number of imidazole rings is 1. The van der Waals surface area contributed by atoms with E-state index in [0.29, 0.717) is 27.6 Å². The summed E-state index contributed by atoms with van der Waals surface area (Å²) in [6.45, 7) is 4.63. The minimum Gasteiger partial charge on any atom is -0.371 e. The first-order chi connectivity index (χ1) is 15.5. The molecule has 5 rings (SSSR count). The van der Waals surface area contributed by atoms with Gasteiger partial charge in [0.25, 0.3) is 5.56 Å². The number of rotatable bonds is 3. The third-order valence-corrected chi connectivity index (χ3v) is 5.59. The smallest absolute Gasteiger partial charge is 0.280 e. The topological polar surface area (TPSA) is 119 Å². The second-order valence-electron chi connectivity index (χ2n) is 7.66. The summed E-state index contributed by atoms with van der Waals surface area (Å²) < 4.78 is 7.88. The lowest BCUT2D eigenvalue weighted by Gasteiger charge is -2.18. The van der Waals surface area contributed by atoms with Crippen molar-refractivity contribution in [1.29, 1.82) is 5.26 Å². The van der Waals surface area contributed by atoms with Gasteiger partial charge in [0.15, 0.2) is 17.5 Å². The van der Waals surface area contributed by atoms with E-state index in [1.807, 2.05) is 12.1 Å². The summed E-state index contributed by atoms with van der Waals surface area (Å²) in [6, 6.07) is 7.73. The number of benzene rings is 1. The molecule has 1 saturated heterocycles.